The topological polar surface area (TPSA) is 15.3 Å². The van der Waals surface area contributed by atoms with Crippen LogP contribution in [-0.4, -0.2) is 32.1 Å². The van der Waals surface area contributed by atoms with E-state index in [0.717, 1.165) is 30.8 Å². The molecule has 2 aromatic rings. The van der Waals surface area contributed by atoms with Crippen molar-refractivity contribution >= 4 is 17.0 Å². The number of benzene rings is 1. The molecular weight excluding hydrogens is 276 g/mol. The number of hydrogen-bond donors (Lipinski definition) is 1. The minimum atomic E-state index is 0.915. The Bertz CT molecular complexity index is 582. The summed E-state index contributed by atoms with van der Waals surface area (Å²) in [5, 5.41) is 3.37. The molecule has 0 unspecified atom stereocenters. The van der Waals surface area contributed by atoms with Crippen molar-refractivity contribution in [2.75, 3.05) is 27.2 Å². The minimum Gasteiger partial charge on any atom is -0.384 e. The summed E-state index contributed by atoms with van der Waals surface area (Å²) in [5.41, 5.74) is 3.43. The van der Waals surface area contributed by atoms with Gasteiger partial charge in [-0.2, -0.15) is 0 Å². The van der Waals surface area contributed by atoms with Crippen LogP contribution in [0.5, 0.6) is 0 Å². The molecule has 1 N–H and O–H groups in total. The van der Waals surface area contributed by atoms with Gasteiger partial charge in [0.15, 0.2) is 0 Å². The van der Waals surface area contributed by atoms with Gasteiger partial charge in [-0.3, -0.25) is 0 Å². The third-order valence-electron chi connectivity index (χ3n) is 3.43. The molecule has 1 aromatic heterocycles. The van der Waals surface area contributed by atoms with E-state index in [1.165, 1.54) is 15.3 Å². The molecule has 21 heavy (non-hydrogen) atoms. The lowest BCUT2D eigenvalue weighted by Crippen LogP contribution is -2.25. The Morgan fingerprint density at radius 3 is 2.43 bits per heavy atom. The molecule has 0 radical (unpaired) electrons. The Morgan fingerprint density at radius 2 is 1.86 bits per heavy atom. The molecule has 0 saturated carbocycles. The standard InChI is InChI=1S/C18H24N2S/c1-5-17-10-11-18(21-17)16-8-6-15(7-9-16)14(2)19-12-13-20(3)4/h6-11,19H,2,5,12-13H2,1,3-4H3. The lowest BCUT2D eigenvalue weighted by atomic mass is 10.1. The number of rotatable bonds is 7. The maximum absolute atomic E-state index is 4.11. The first-order valence-corrected chi connectivity index (χ1v) is 8.19. The van der Waals surface area contributed by atoms with Crippen LogP contribution in [0.1, 0.15) is 17.4 Å². The van der Waals surface area contributed by atoms with Crippen molar-refractivity contribution in [2.24, 2.45) is 0 Å². The molecule has 1 heterocycles. The Labute approximate surface area is 132 Å². The third-order valence-corrected chi connectivity index (χ3v) is 4.70. The molecule has 3 heteroatoms. The largest absolute Gasteiger partial charge is 0.384 e. The van der Waals surface area contributed by atoms with Gasteiger partial charge in [-0.1, -0.05) is 37.8 Å². The Kier molecular flexibility index (Phi) is 5.59. The summed E-state index contributed by atoms with van der Waals surface area (Å²) in [6.07, 6.45) is 1.11. The molecule has 0 amide bonds. The molecule has 2 rings (SSSR count). The van der Waals surface area contributed by atoms with Crippen LogP contribution in [0, 0.1) is 0 Å². The molecular formula is C18H24N2S. The van der Waals surface area contributed by atoms with E-state index in [9.17, 15) is 0 Å². The second-order valence-corrected chi connectivity index (χ2v) is 6.57. The minimum absolute atomic E-state index is 0.915. The van der Waals surface area contributed by atoms with Crippen LogP contribution in [-0.2, 0) is 6.42 Å². The van der Waals surface area contributed by atoms with E-state index in [-0.39, 0.29) is 0 Å². The Morgan fingerprint density at radius 1 is 1.14 bits per heavy atom. The van der Waals surface area contributed by atoms with Crippen LogP contribution >= 0.6 is 11.3 Å². The van der Waals surface area contributed by atoms with E-state index in [2.05, 4.69) is 74.2 Å². The highest BCUT2D eigenvalue weighted by molar-refractivity contribution is 7.15. The van der Waals surface area contributed by atoms with Gasteiger partial charge < -0.3 is 10.2 Å². The maximum atomic E-state index is 4.11. The van der Waals surface area contributed by atoms with Gasteiger partial charge in [-0.15, -0.1) is 11.3 Å². The van der Waals surface area contributed by atoms with Crippen molar-refractivity contribution < 1.29 is 0 Å². The van der Waals surface area contributed by atoms with Crippen molar-refractivity contribution in [2.45, 2.75) is 13.3 Å². The van der Waals surface area contributed by atoms with Gasteiger partial charge in [0.1, 0.15) is 0 Å². The zero-order chi connectivity index (χ0) is 15.2. The van der Waals surface area contributed by atoms with Crippen molar-refractivity contribution in [1.29, 1.82) is 0 Å². The van der Waals surface area contributed by atoms with E-state index in [4.69, 9.17) is 0 Å². The number of nitrogens with one attached hydrogen (secondary N) is 1. The van der Waals surface area contributed by atoms with Gasteiger partial charge >= 0.3 is 0 Å². The first kappa shape index (κ1) is 15.8. The summed E-state index contributed by atoms with van der Waals surface area (Å²) in [4.78, 5) is 4.93. The zero-order valence-corrected chi connectivity index (χ0v) is 14.0. The van der Waals surface area contributed by atoms with Gasteiger partial charge in [-0.05, 0) is 43.8 Å². The summed E-state index contributed by atoms with van der Waals surface area (Å²) >= 11 is 1.87. The fourth-order valence-electron chi connectivity index (χ4n) is 2.09. The number of likely N-dealkylation sites (N-methyl/N-ethyl adjacent to an activating group) is 1. The van der Waals surface area contributed by atoms with Crippen LogP contribution in [0.4, 0.5) is 0 Å². The van der Waals surface area contributed by atoms with Crippen LogP contribution < -0.4 is 5.32 Å². The summed E-state index contributed by atoms with van der Waals surface area (Å²) in [5.74, 6) is 0. The lowest BCUT2D eigenvalue weighted by Gasteiger charge is -2.13. The van der Waals surface area contributed by atoms with Crippen LogP contribution in [0.3, 0.4) is 0 Å². The van der Waals surface area contributed by atoms with Crippen molar-refractivity contribution in [3.05, 3.63) is 53.4 Å². The van der Waals surface area contributed by atoms with E-state index in [0.29, 0.717) is 0 Å². The molecule has 0 aliphatic rings. The fraction of sp³-hybridized carbons (Fsp3) is 0.333. The number of thiophene rings is 1. The normalized spacial score (nSPS) is 10.9. The summed E-state index contributed by atoms with van der Waals surface area (Å²) in [7, 11) is 4.15. The number of hydrogen-bond acceptors (Lipinski definition) is 3. The van der Waals surface area contributed by atoms with Crippen LogP contribution in [0.25, 0.3) is 16.1 Å². The molecule has 112 valence electrons. The van der Waals surface area contributed by atoms with Crippen molar-refractivity contribution in [1.82, 2.24) is 10.2 Å². The smallest absolute Gasteiger partial charge is 0.0345 e. The third kappa shape index (κ3) is 4.45. The molecule has 0 bridgehead atoms. The van der Waals surface area contributed by atoms with E-state index < -0.39 is 0 Å². The summed E-state index contributed by atoms with van der Waals surface area (Å²) < 4.78 is 0. The van der Waals surface area contributed by atoms with Crippen molar-refractivity contribution in [3.8, 4) is 10.4 Å². The van der Waals surface area contributed by atoms with Gasteiger partial charge in [0, 0.05) is 28.5 Å². The molecule has 0 aliphatic carbocycles. The van der Waals surface area contributed by atoms with Crippen molar-refractivity contribution in [3.63, 3.8) is 0 Å². The maximum Gasteiger partial charge on any atom is 0.0345 e. The highest BCUT2D eigenvalue weighted by Crippen LogP contribution is 2.29. The lowest BCUT2D eigenvalue weighted by molar-refractivity contribution is 0.411. The predicted molar refractivity (Wildman–Crippen MR) is 94.7 cm³/mol. The second-order valence-electron chi connectivity index (χ2n) is 5.41. The molecule has 0 aliphatic heterocycles. The molecule has 2 nitrogen and oxygen atoms in total. The average Bonchev–Trinajstić information content (AvgIpc) is 2.96. The second kappa shape index (κ2) is 7.43. The molecule has 0 atom stereocenters. The first-order chi connectivity index (χ1) is 10.1. The highest BCUT2D eigenvalue weighted by Gasteiger charge is 2.03. The molecule has 1 aromatic carbocycles. The van der Waals surface area contributed by atoms with E-state index in [1.54, 1.807) is 0 Å². The molecule has 0 spiro atoms. The van der Waals surface area contributed by atoms with Gasteiger partial charge in [-0.25, -0.2) is 0 Å². The fourth-order valence-corrected chi connectivity index (χ4v) is 3.04. The highest BCUT2D eigenvalue weighted by atomic mass is 32.1. The predicted octanol–water partition coefficient (Wildman–Crippen LogP) is 4.10. The SMILES string of the molecule is C=C(NCCN(C)C)c1ccc(-c2ccc(CC)s2)cc1. The Hall–Kier alpha value is -1.58. The number of nitrogens with zero attached hydrogens (tertiary/aromatic N) is 1. The average molecular weight is 300 g/mol. The molecule has 0 fully saturated rings. The monoisotopic (exact) mass is 300 g/mol. The van der Waals surface area contributed by atoms with Gasteiger partial charge in [0.25, 0.3) is 0 Å². The van der Waals surface area contributed by atoms with Gasteiger partial charge in [0.05, 0.1) is 0 Å². The van der Waals surface area contributed by atoms with E-state index in [1.807, 2.05) is 11.3 Å². The zero-order valence-electron chi connectivity index (χ0n) is 13.1. The summed E-state index contributed by atoms with van der Waals surface area (Å²) in [6, 6.07) is 13.1. The quantitative estimate of drug-likeness (QED) is 0.828. The van der Waals surface area contributed by atoms with Crippen LogP contribution in [0.15, 0.2) is 43.0 Å². The number of aryl methyl sites for hydroxylation is 1. The Balaban J connectivity index is 1.99. The molecule has 0 saturated heterocycles. The van der Waals surface area contributed by atoms with E-state index >= 15 is 0 Å². The van der Waals surface area contributed by atoms with Crippen LogP contribution in [0.2, 0.25) is 0 Å². The summed E-state index contributed by atoms with van der Waals surface area (Å²) in [6.45, 7) is 8.23. The van der Waals surface area contributed by atoms with Gasteiger partial charge in [0.2, 0.25) is 0 Å². The first-order valence-electron chi connectivity index (χ1n) is 7.37.